The van der Waals surface area contributed by atoms with Gasteiger partial charge in [0.25, 0.3) is 10.2 Å². The predicted octanol–water partition coefficient (Wildman–Crippen LogP) is 2.94. The Hall–Kier alpha value is -0.850. The molecule has 138 valence electrons. The molecular weight excluding hydrogens is 322 g/mol. The molecule has 2 heterocycles. The molecule has 0 unspecified atom stereocenters. The Morgan fingerprint density at radius 3 is 2.42 bits per heavy atom. The van der Waals surface area contributed by atoms with Gasteiger partial charge in [-0.25, -0.2) is 0 Å². The van der Waals surface area contributed by atoms with Crippen molar-refractivity contribution < 1.29 is 8.42 Å². The molecule has 0 aromatic carbocycles. The number of aromatic nitrogens is 1. The summed E-state index contributed by atoms with van der Waals surface area (Å²) < 4.78 is 31.7. The SMILES string of the molecule is C[C@H](CCc1cccn1C)NS(=O)(=O)N1CCC(C(C)(C)C)CC1. The van der Waals surface area contributed by atoms with Crippen molar-refractivity contribution in [2.24, 2.45) is 18.4 Å². The Kier molecular flexibility index (Phi) is 6.15. The first-order chi connectivity index (χ1) is 11.1. The summed E-state index contributed by atoms with van der Waals surface area (Å²) in [6.45, 7) is 9.93. The Morgan fingerprint density at radius 1 is 1.29 bits per heavy atom. The molecule has 1 atom stereocenters. The Balaban J connectivity index is 1.84. The van der Waals surface area contributed by atoms with E-state index in [1.165, 1.54) is 5.69 Å². The van der Waals surface area contributed by atoms with Gasteiger partial charge < -0.3 is 4.57 Å². The maximum absolute atomic E-state index is 12.6. The number of nitrogens with zero attached hydrogens (tertiary/aromatic N) is 2. The summed E-state index contributed by atoms with van der Waals surface area (Å²) in [6, 6.07) is 4.03. The minimum atomic E-state index is -3.38. The highest BCUT2D eigenvalue weighted by Gasteiger charge is 2.33. The largest absolute Gasteiger partial charge is 0.354 e. The summed E-state index contributed by atoms with van der Waals surface area (Å²) in [5, 5.41) is 0. The van der Waals surface area contributed by atoms with Crippen LogP contribution >= 0.6 is 0 Å². The molecule has 0 saturated carbocycles. The molecule has 24 heavy (non-hydrogen) atoms. The van der Waals surface area contributed by atoms with Crippen molar-refractivity contribution in [3.8, 4) is 0 Å². The lowest BCUT2D eigenvalue weighted by Gasteiger charge is -2.38. The molecule has 1 fully saturated rings. The smallest absolute Gasteiger partial charge is 0.279 e. The topological polar surface area (TPSA) is 54.3 Å². The van der Waals surface area contributed by atoms with Crippen molar-refractivity contribution in [2.75, 3.05) is 13.1 Å². The Labute approximate surface area is 147 Å². The van der Waals surface area contributed by atoms with Crippen LogP contribution in [0.15, 0.2) is 18.3 Å². The van der Waals surface area contributed by atoms with Crippen molar-refractivity contribution in [3.05, 3.63) is 24.0 Å². The average Bonchev–Trinajstić information content (AvgIpc) is 2.89. The molecule has 0 spiro atoms. The minimum absolute atomic E-state index is 0.0646. The zero-order valence-corrected chi connectivity index (χ0v) is 16.6. The van der Waals surface area contributed by atoms with Crippen LogP contribution in [0.25, 0.3) is 0 Å². The fraction of sp³-hybridized carbons (Fsp3) is 0.778. The van der Waals surface area contributed by atoms with Gasteiger partial charge >= 0.3 is 0 Å². The number of nitrogens with one attached hydrogen (secondary N) is 1. The lowest BCUT2D eigenvalue weighted by Crippen LogP contribution is -2.48. The molecule has 1 aromatic heterocycles. The molecule has 1 saturated heterocycles. The molecule has 5 nitrogen and oxygen atoms in total. The lowest BCUT2D eigenvalue weighted by molar-refractivity contribution is 0.153. The second kappa shape index (κ2) is 7.58. The molecule has 1 N–H and O–H groups in total. The van der Waals surface area contributed by atoms with E-state index in [9.17, 15) is 8.42 Å². The predicted molar refractivity (Wildman–Crippen MR) is 99.0 cm³/mol. The van der Waals surface area contributed by atoms with Crippen LogP contribution in [0.4, 0.5) is 0 Å². The normalized spacial score (nSPS) is 19.5. The molecule has 6 heteroatoms. The second-order valence-electron chi connectivity index (χ2n) is 8.21. The van der Waals surface area contributed by atoms with Gasteiger partial charge in [-0.1, -0.05) is 20.8 Å². The molecule has 2 rings (SSSR count). The molecule has 0 radical (unpaired) electrons. The van der Waals surface area contributed by atoms with E-state index in [0.29, 0.717) is 19.0 Å². The van der Waals surface area contributed by atoms with Crippen molar-refractivity contribution >= 4 is 10.2 Å². The summed E-state index contributed by atoms with van der Waals surface area (Å²) in [5.41, 5.74) is 1.48. The van der Waals surface area contributed by atoms with E-state index in [1.54, 1.807) is 4.31 Å². The fourth-order valence-corrected chi connectivity index (χ4v) is 4.94. The first-order valence-corrected chi connectivity index (χ1v) is 10.4. The van der Waals surface area contributed by atoms with Crippen LogP contribution in [0.1, 0.15) is 52.7 Å². The number of piperidine rings is 1. The third kappa shape index (κ3) is 5.07. The average molecular weight is 356 g/mol. The van der Waals surface area contributed by atoms with Crippen LogP contribution in [0.5, 0.6) is 0 Å². The summed E-state index contributed by atoms with van der Waals surface area (Å²) in [4.78, 5) is 0. The maximum atomic E-state index is 12.6. The Bertz CT molecular complexity index is 623. The first kappa shape index (κ1) is 19.5. The summed E-state index contributed by atoms with van der Waals surface area (Å²) in [6.07, 6.45) is 5.59. The summed E-state index contributed by atoms with van der Waals surface area (Å²) in [7, 11) is -1.36. The third-order valence-corrected chi connectivity index (χ3v) is 7.00. The van der Waals surface area contributed by atoms with Crippen molar-refractivity contribution in [2.45, 2.75) is 59.4 Å². The quantitative estimate of drug-likeness (QED) is 0.853. The standard InChI is InChI=1S/C18H33N3O2S/c1-15(8-9-17-7-6-12-20(17)5)19-24(22,23)21-13-10-16(11-14-21)18(2,3)4/h6-7,12,15-16,19H,8-11,13-14H2,1-5H3/t15-/m1/s1. The molecule has 0 aliphatic carbocycles. The van der Waals surface area contributed by atoms with E-state index in [2.05, 4.69) is 36.1 Å². The van der Waals surface area contributed by atoms with E-state index in [0.717, 1.165) is 25.7 Å². The van der Waals surface area contributed by atoms with Gasteiger partial charge in [0, 0.05) is 38.1 Å². The molecule has 0 amide bonds. The maximum Gasteiger partial charge on any atom is 0.279 e. The van der Waals surface area contributed by atoms with Gasteiger partial charge in [0.1, 0.15) is 0 Å². The molecule has 1 aliphatic rings. The second-order valence-corrected chi connectivity index (χ2v) is 9.91. The van der Waals surface area contributed by atoms with E-state index in [-0.39, 0.29) is 11.5 Å². The van der Waals surface area contributed by atoms with Crippen LogP contribution in [0, 0.1) is 11.3 Å². The van der Waals surface area contributed by atoms with Crippen molar-refractivity contribution in [1.82, 2.24) is 13.6 Å². The van der Waals surface area contributed by atoms with E-state index in [1.807, 2.05) is 26.2 Å². The minimum Gasteiger partial charge on any atom is -0.354 e. The van der Waals surface area contributed by atoms with Gasteiger partial charge in [-0.15, -0.1) is 0 Å². The van der Waals surface area contributed by atoms with E-state index < -0.39 is 10.2 Å². The third-order valence-electron chi connectivity index (χ3n) is 5.25. The summed E-state index contributed by atoms with van der Waals surface area (Å²) >= 11 is 0. The molecule has 1 aromatic rings. The van der Waals surface area contributed by atoms with Crippen LogP contribution < -0.4 is 4.72 Å². The van der Waals surface area contributed by atoms with Gasteiger partial charge in [0.05, 0.1) is 0 Å². The number of hydrogen-bond donors (Lipinski definition) is 1. The molecular formula is C18H33N3O2S. The zero-order chi connectivity index (χ0) is 18.0. The van der Waals surface area contributed by atoms with Crippen LogP contribution in [-0.2, 0) is 23.7 Å². The molecule has 1 aliphatic heterocycles. The van der Waals surface area contributed by atoms with Gasteiger partial charge in [-0.3, -0.25) is 0 Å². The monoisotopic (exact) mass is 355 g/mol. The van der Waals surface area contributed by atoms with Gasteiger partial charge in [0.2, 0.25) is 0 Å². The van der Waals surface area contributed by atoms with Crippen molar-refractivity contribution in [3.63, 3.8) is 0 Å². The highest BCUT2D eigenvalue weighted by Crippen LogP contribution is 2.34. The van der Waals surface area contributed by atoms with Crippen LogP contribution in [0.3, 0.4) is 0 Å². The van der Waals surface area contributed by atoms with E-state index >= 15 is 0 Å². The van der Waals surface area contributed by atoms with Crippen LogP contribution in [0.2, 0.25) is 0 Å². The molecule has 0 bridgehead atoms. The van der Waals surface area contributed by atoms with Crippen molar-refractivity contribution in [1.29, 1.82) is 0 Å². The van der Waals surface area contributed by atoms with Gasteiger partial charge in [0.15, 0.2) is 0 Å². The highest BCUT2D eigenvalue weighted by atomic mass is 32.2. The Morgan fingerprint density at radius 2 is 1.92 bits per heavy atom. The number of rotatable bonds is 6. The zero-order valence-electron chi connectivity index (χ0n) is 15.7. The lowest BCUT2D eigenvalue weighted by atomic mass is 9.76. The highest BCUT2D eigenvalue weighted by molar-refractivity contribution is 7.87. The number of aryl methyl sites for hydroxylation is 2. The van der Waals surface area contributed by atoms with Gasteiger partial charge in [-0.2, -0.15) is 17.4 Å². The first-order valence-electron chi connectivity index (χ1n) is 8.97. The fourth-order valence-electron chi connectivity index (χ4n) is 3.47. The summed E-state index contributed by atoms with van der Waals surface area (Å²) in [5.74, 6) is 0.596. The van der Waals surface area contributed by atoms with Gasteiger partial charge in [-0.05, 0) is 56.1 Å². The number of hydrogen-bond acceptors (Lipinski definition) is 2. The van der Waals surface area contributed by atoms with Crippen LogP contribution in [-0.4, -0.2) is 36.4 Å². The van der Waals surface area contributed by atoms with E-state index in [4.69, 9.17) is 0 Å².